The molecule has 146 valence electrons. The van der Waals surface area contributed by atoms with Crippen LogP contribution in [0, 0.1) is 0 Å². The summed E-state index contributed by atoms with van der Waals surface area (Å²) in [6.07, 6.45) is -7.47. The molecule has 0 atom stereocenters. The van der Waals surface area contributed by atoms with Crippen LogP contribution in [0.1, 0.15) is 0 Å². The van der Waals surface area contributed by atoms with Gasteiger partial charge >= 0.3 is 28.8 Å². The lowest BCUT2D eigenvalue weighted by Crippen LogP contribution is -2.63. The second-order valence-corrected chi connectivity index (χ2v) is 7.11. The second-order valence-electron chi connectivity index (χ2n) is 3.63. The highest BCUT2D eigenvalue weighted by Gasteiger charge is 2.84. The zero-order valence-corrected chi connectivity index (χ0v) is 11.6. The zero-order valence-electron chi connectivity index (χ0n) is 9.93. The summed E-state index contributed by atoms with van der Waals surface area (Å²) in [6.45, 7) is 0. The minimum atomic E-state index is -8.05. The van der Waals surface area contributed by atoms with E-state index in [2.05, 4.69) is 0 Å². The maximum Gasteiger partial charge on any atom is 0.480 e. The lowest BCUT2D eigenvalue weighted by molar-refractivity contribution is -0.382. The highest BCUT2D eigenvalue weighted by molar-refractivity contribution is 8.13. The van der Waals surface area contributed by atoms with Gasteiger partial charge in [0.2, 0.25) is 0 Å². The summed E-state index contributed by atoms with van der Waals surface area (Å²) in [5.41, 5.74) is -6.75. The highest BCUT2D eigenvalue weighted by atomic mass is 32.3. The third kappa shape index (κ3) is 3.37. The first kappa shape index (κ1) is 23.0. The molecule has 0 aliphatic heterocycles. The van der Waals surface area contributed by atoms with E-state index in [9.17, 15) is 69.5 Å². The van der Waals surface area contributed by atoms with Gasteiger partial charge in [-0.15, -0.1) is 0 Å². The first-order valence-electron chi connectivity index (χ1n) is 4.46. The molecule has 24 heavy (non-hydrogen) atoms. The van der Waals surface area contributed by atoms with Gasteiger partial charge < -0.3 is 4.13 Å². The Balaban J connectivity index is 6.26. The predicted octanol–water partition coefficient (Wildman–Crippen LogP) is 2.97. The molecule has 5 nitrogen and oxygen atoms in total. The zero-order chi connectivity index (χ0) is 20.2. The Bertz CT molecular complexity index is 686. The molecular formula is C5F12NO4S2-. The summed E-state index contributed by atoms with van der Waals surface area (Å²) >= 11 is 0. The standard InChI is InChI=1S/C5F12NO4S2/c6-1(7,3(10,11)12)2(8,9)4(13,14)23(19,20)18-24(21,22)5(15,16)17/q-1. The van der Waals surface area contributed by atoms with Gasteiger partial charge in [-0.1, -0.05) is 0 Å². The summed E-state index contributed by atoms with van der Waals surface area (Å²) in [4.78, 5) is 0. The fourth-order valence-electron chi connectivity index (χ4n) is 0.741. The molecule has 0 bridgehead atoms. The summed E-state index contributed by atoms with van der Waals surface area (Å²) in [7, 11) is -15.5. The lowest BCUT2D eigenvalue weighted by Gasteiger charge is -2.36. The van der Waals surface area contributed by atoms with Gasteiger partial charge in [0.1, 0.15) is 0 Å². The Kier molecular flexibility index (Phi) is 5.29. The Morgan fingerprint density at radius 2 is 0.875 bits per heavy atom. The second kappa shape index (κ2) is 5.51. The summed E-state index contributed by atoms with van der Waals surface area (Å²) in [5, 5.41) is -7.67. The third-order valence-electron chi connectivity index (χ3n) is 1.93. The Labute approximate surface area is 123 Å². The number of nitrogens with zero attached hydrogens (tertiary/aromatic N) is 1. The molecular weight excluding hydrogens is 430 g/mol. The van der Waals surface area contributed by atoms with Crippen molar-refractivity contribution >= 4 is 20.0 Å². The molecule has 0 fully saturated rings. The van der Waals surface area contributed by atoms with E-state index in [1.807, 2.05) is 0 Å². The van der Waals surface area contributed by atoms with Gasteiger partial charge in [0, 0.05) is 0 Å². The van der Waals surface area contributed by atoms with Gasteiger partial charge in [-0.05, 0) is 0 Å². The van der Waals surface area contributed by atoms with E-state index in [0.717, 1.165) is 0 Å². The number of halogens is 12. The van der Waals surface area contributed by atoms with E-state index in [-0.39, 0.29) is 0 Å². The number of sulfonamides is 2. The molecule has 0 heterocycles. The van der Waals surface area contributed by atoms with Crippen LogP contribution in [0.15, 0.2) is 0 Å². The van der Waals surface area contributed by atoms with Crippen LogP contribution in [-0.2, 0) is 20.0 Å². The van der Waals surface area contributed by atoms with Crippen molar-refractivity contribution in [3.8, 4) is 0 Å². The van der Waals surface area contributed by atoms with Gasteiger partial charge in [-0.25, -0.2) is 16.8 Å². The predicted molar refractivity (Wildman–Crippen MR) is 48.1 cm³/mol. The summed E-state index contributed by atoms with van der Waals surface area (Å²) in [6, 6.07) is 0. The largest absolute Gasteiger partial charge is 0.480 e. The molecule has 0 saturated heterocycles. The van der Waals surface area contributed by atoms with Crippen LogP contribution in [0.4, 0.5) is 52.7 Å². The highest BCUT2D eigenvalue weighted by Crippen LogP contribution is 2.56. The first-order valence-corrected chi connectivity index (χ1v) is 7.34. The van der Waals surface area contributed by atoms with E-state index < -0.39 is 48.8 Å². The van der Waals surface area contributed by atoms with Crippen molar-refractivity contribution in [3.63, 3.8) is 0 Å². The summed E-state index contributed by atoms with van der Waals surface area (Å²) in [5.74, 6) is -15.7. The number of rotatable bonds is 5. The van der Waals surface area contributed by atoms with Crippen LogP contribution < -0.4 is 0 Å². The van der Waals surface area contributed by atoms with E-state index in [0.29, 0.717) is 4.13 Å². The topological polar surface area (TPSA) is 82.4 Å². The maximum atomic E-state index is 12.9. The Morgan fingerprint density at radius 3 is 1.12 bits per heavy atom. The van der Waals surface area contributed by atoms with Crippen molar-refractivity contribution in [2.24, 2.45) is 0 Å². The van der Waals surface area contributed by atoms with Gasteiger partial charge in [-0.3, -0.25) is 0 Å². The van der Waals surface area contributed by atoms with E-state index in [4.69, 9.17) is 0 Å². The Morgan fingerprint density at radius 1 is 0.542 bits per heavy atom. The molecule has 0 radical (unpaired) electrons. The molecule has 0 N–H and O–H groups in total. The normalized spacial score (nSPS) is 16.3. The average molecular weight is 430 g/mol. The quantitative estimate of drug-likeness (QED) is 0.629. The molecule has 0 rings (SSSR count). The van der Waals surface area contributed by atoms with Gasteiger partial charge in [0.05, 0.1) is 0 Å². The monoisotopic (exact) mass is 430 g/mol. The van der Waals surface area contributed by atoms with Crippen LogP contribution in [0.5, 0.6) is 0 Å². The Hall–Kier alpha value is -0.980. The van der Waals surface area contributed by atoms with Crippen molar-refractivity contribution in [3.05, 3.63) is 4.13 Å². The minimum Gasteiger partial charge on any atom is -0.423 e. The van der Waals surface area contributed by atoms with Crippen molar-refractivity contribution in [2.45, 2.75) is 28.8 Å². The summed E-state index contributed by atoms with van der Waals surface area (Å²) < 4.78 is 188. The molecule has 0 aromatic carbocycles. The van der Waals surface area contributed by atoms with Crippen LogP contribution >= 0.6 is 0 Å². The number of alkyl halides is 12. The van der Waals surface area contributed by atoms with Gasteiger partial charge in [0.25, 0.3) is 0 Å². The SMILES string of the molecule is O=S(=O)([N-]S(=O)(=O)C(F)(F)C(F)(F)C(F)(F)C(F)(F)F)C(F)(F)F. The molecule has 0 amide bonds. The van der Waals surface area contributed by atoms with E-state index in [1.165, 1.54) is 0 Å². The first-order chi connectivity index (χ1) is 9.96. The number of hydrogen-bond donors (Lipinski definition) is 0. The molecule has 0 aliphatic carbocycles. The molecule has 0 spiro atoms. The van der Waals surface area contributed by atoms with E-state index in [1.54, 1.807) is 0 Å². The average Bonchev–Trinajstić information content (AvgIpc) is 2.23. The van der Waals surface area contributed by atoms with Crippen LogP contribution in [0.3, 0.4) is 0 Å². The van der Waals surface area contributed by atoms with Gasteiger partial charge in [0.15, 0.2) is 20.0 Å². The van der Waals surface area contributed by atoms with E-state index >= 15 is 0 Å². The number of hydrogen-bond acceptors (Lipinski definition) is 4. The van der Waals surface area contributed by atoms with Gasteiger partial charge in [-0.2, -0.15) is 52.7 Å². The fourth-order valence-corrected chi connectivity index (χ4v) is 2.94. The molecule has 0 aliphatic rings. The molecule has 0 saturated carbocycles. The molecule has 19 heteroatoms. The third-order valence-corrected chi connectivity index (χ3v) is 4.99. The lowest BCUT2D eigenvalue weighted by atomic mass is 10.1. The smallest absolute Gasteiger partial charge is 0.423 e. The van der Waals surface area contributed by atoms with Crippen LogP contribution in [0.25, 0.3) is 4.13 Å². The maximum absolute atomic E-state index is 12.9. The van der Waals surface area contributed by atoms with Crippen LogP contribution in [-0.4, -0.2) is 45.6 Å². The van der Waals surface area contributed by atoms with Crippen molar-refractivity contribution < 1.29 is 69.5 Å². The fraction of sp³-hybridized carbons (Fsp3) is 1.00. The molecule has 0 unspecified atom stereocenters. The van der Waals surface area contributed by atoms with Crippen LogP contribution in [0.2, 0.25) is 0 Å². The van der Waals surface area contributed by atoms with Crippen molar-refractivity contribution in [1.82, 2.24) is 0 Å². The minimum absolute atomic E-state index is 0.334. The van der Waals surface area contributed by atoms with Crippen molar-refractivity contribution in [1.29, 1.82) is 0 Å². The van der Waals surface area contributed by atoms with Crippen molar-refractivity contribution in [2.75, 3.05) is 0 Å². The molecule has 0 aromatic heterocycles. The molecule has 0 aromatic rings.